The predicted octanol–water partition coefficient (Wildman–Crippen LogP) is 18.3. The number of allylic oxidation sites excluding steroid dienone is 20. The zero-order valence-electron chi connectivity index (χ0n) is 42.7. The van der Waals surface area contributed by atoms with Gasteiger partial charge in [0.05, 0.1) is 6.61 Å². The van der Waals surface area contributed by atoms with Gasteiger partial charge in [0.1, 0.15) is 6.61 Å². The molecule has 0 amide bonds. The van der Waals surface area contributed by atoms with Crippen molar-refractivity contribution >= 4 is 11.9 Å². The maximum Gasteiger partial charge on any atom is 0.306 e. The van der Waals surface area contributed by atoms with Crippen molar-refractivity contribution in [3.63, 3.8) is 0 Å². The Morgan fingerprint density at radius 1 is 0.364 bits per heavy atom. The van der Waals surface area contributed by atoms with E-state index in [9.17, 15) is 14.7 Å². The molecule has 0 heterocycles. The van der Waals surface area contributed by atoms with Gasteiger partial charge >= 0.3 is 11.9 Å². The molecule has 66 heavy (non-hydrogen) atoms. The summed E-state index contributed by atoms with van der Waals surface area (Å²) in [5.41, 5.74) is 0. The van der Waals surface area contributed by atoms with Crippen LogP contribution >= 0.6 is 0 Å². The smallest absolute Gasteiger partial charge is 0.306 e. The monoisotopic (exact) mass is 913 g/mol. The lowest BCUT2D eigenvalue weighted by atomic mass is 10.1. The summed E-state index contributed by atoms with van der Waals surface area (Å²) >= 11 is 0. The Hall–Kier alpha value is -3.70. The van der Waals surface area contributed by atoms with Gasteiger partial charge in [0, 0.05) is 12.8 Å². The minimum Gasteiger partial charge on any atom is -0.462 e. The number of unbranched alkanes of at least 4 members (excludes halogenated alkanes) is 20. The first kappa shape index (κ1) is 62.3. The van der Waals surface area contributed by atoms with Crippen LogP contribution in [0, 0.1) is 0 Å². The zero-order chi connectivity index (χ0) is 47.7. The average molecular weight is 913 g/mol. The summed E-state index contributed by atoms with van der Waals surface area (Å²) < 4.78 is 10.7. The van der Waals surface area contributed by atoms with Gasteiger partial charge in [0.25, 0.3) is 0 Å². The number of hydrogen-bond acceptors (Lipinski definition) is 5. The minimum absolute atomic E-state index is 0.0813. The van der Waals surface area contributed by atoms with Crippen molar-refractivity contribution in [3.8, 4) is 0 Å². The number of carbonyl (C=O) groups excluding carboxylic acids is 2. The van der Waals surface area contributed by atoms with Crippen LogP contribution in [0.2, 0.25) is 0 Å². The second kappa shape index (κ2) is 55.6. The molecule has 0 saturated heterocycles. The molecular weight excluding hydrogens is 813 g/mol. The molecule has 5 heteroatoms. The summed E-state index contributed by atoms with van der Waals surface area (Å²) in [7, 11) is 0. The second-order valence-corrected chi connectivity index (χ2v) is 17.6. The molecule has 0 aromatic heterocycles. The van der Waals surface area contributed by atoms with E-state index in [1.807, 2.05) is 0 Å². The first-order valence-electron chi connectivity index (χ1n) is 27.1. The quantitative estimate of drug-likeness (QED) is 0.0374. The van der Waals surface area contributed by atoms with Crippen molar-refractivity contribution < 1.29 is 24.2 Å². The first-order valence-corrected chi connectivity index (χ1v) is 27.1. The summed E-state index contributed by atoms with van der Waals surface area (Å²) in [6.07, 6.45) is 81.5. The number of rotatable bonds is 48. The van der Waals surface area contributed by atoms with E-state index in [0.29, 0.717) is 12.8 Å². The normalized spacial score (nSPS) is 13.2. The van der Waals surface area contributed by atoms with Gasteiger partial charge in [-0.05, 0) is 109 Å². The molecule has 0 spiro atoms. The van der Waals surface area contributed by atoms with Gasteiger partial charge in [-0.3, -0.25) is 9.59 Å². The zero-order valence-corrected chi connectivity index (χ0v) is 42.7. The number of hydrogen-bond donors (Lipinski definition) is 1. The van der Waals surface area contributed by atoms with Crippen LogP contribution in [0.15, 0.2) is 122 Å². The fourth-order valence-corrected chi connectivity index (χ4v) is 7.19. The van der Waals surface area contributed by atoms with Crippen molar-refractivity contribution in [1.82, 2.24) is 0 Å². The van der Waals surface area contributed by atoms with Crippen LogP contribution in [-0.4, -0.2) is 36.4 Å². The summed E-state index contributed by atoms with van der Waals surface area (Å²) in [6, 6.07) is 0. The molecule has 0 aliphatic carbocycles. The molecule has 0 aromatic carbocycles. The van der Waals surface area contributed by atoms with E-state index < -0.39 is 6.10 Å². The largest absolute Gasteiger partial charge is 0.462 e. The third-order valence-corrected chi connectivity index (χ3v) is 11.2. The lowest BCUT2D eigenvalue weighted by Crippen LogP contribution is -2.28. The SMILES string of the molecule is CC/C=C\C/C=C\C/C=C\C/C=C\C/C=C\C/C=C\C/C=C\C/C=C\C/C=C\CCCCCCCC(=O)OC(CO)COC(=O)CCCCCCCCCCC/C=C\CCCCCCCC. The molecule has 0 aliphatic heterocycles. The molecule has 0 rings (SSSR count). The third kappa shape index (κ3) is 52.9. The molecule has 1 atom stereocenters. The molecule has 1 N–H and O–H groups in total. The Kier molecular flexibility index (Phi) is 52.5. The highest BCUT2D eigenvalue weighted by atomic mass is 16.6. The van der Waals surface area contributed by atoms with Gasteiger partial charge in [-0.1, -0.05) is 232 Å². The summed E-state index contributed by atoms with van der Waals surface area (Å²) in [6.45, 7) is 4.01. The highest BCUT2D eigenvalue weighted by Gasteiger charge is 2.16. The molecular formula is C61H100O5. The molecule has 0 aliphatic rings. The number of ether oxygens (including phenoxy) is 2. The molecule has 0 radical (unpaired) electrons. The van der Waals surface area contributed by atoms with Crippen molar-refractivity contribution in [2.24, 2.45) is 0 Å². The molecule has 1 unspecified atom stereocenters. The Morgan fingerprint density at radius 3 is 1.00 bits per heavy atom. The lowest BCUT2D eigenvalue weighted by Gasteiger charge is -2.15. The van der Waals surface area contributed by atoms with Gasteiger partial charge in [-0.2, -0.15) is 0 Å². The van der Waals surface area contributed by atoms with E-state index in [-0.39, 0.29) is 25.2 Å². The van der Waals surface area contributed by atoms with E-state index in [4.69, 9.17) is 9.47 Å². The van der Waals surface area contributed by atoms with Gasteiger partial charge in [-0.25, -0.2) is 0 Å². The van der Waals surface area contributed by atoms with Crippen LogP contribution < -0.4 is 0 Å². The Labute approximate surface area is 407 Å². The molecule has 374 valence electrons. The fraction of sp³-hybridized carbons (Fsp3) is 0.639. The average Bonchev–Trinajstić information content (AvgIpc) is 3.32. The number of aliphatic hydroxyl groups is 1. The van der Waals surface area contributed by atoms with E-state index in [2.05, 4.69) is 135 Å². The molecule has 5 nitrogen and oxygen atoms in total. The van der Waals surface area contributed by atoms with Crippen LogP contribution in [0.5, 0.6) is 0 Å². The van der Waals surface area contributed by atoms with Crippen molar-refractivity contribution in [2.45, 2.75) is 238 Å². The van der Waals surface area contributed by atoms with Crippen molar-refractivity contribution in [2.75, 3.05) is 13.2 Å². The van der Waals surface area contributed by atoms with Crippen LogP contribution in [0.3, 0.4) is 0 Å². The topological polar surface area (TPSA) is 72.8 Å². The summed E-state index contributed by atoms with van der Waals surface area (Å²) in [5, 5.41) is 9.64. The molecule has 0 bridgehead atoms. The molecule has 0 saturated carbocycles. The van der Waals surface area contributed by atoms with Crippen LogP contribution in [0.25, 0.3) is 0 Å². The lowest BCUT2D eigenvalue weighted by molar-refractivity contribution is -0.161. The van der Waals surface area contributed by atoms with Gasteiger partial charge < -0.3 is 14.6 Å². The Morgan fingerprint density at radius 2 is 0.652 bits per heavy atom. The summed E-state index contributed by atoms with van der Waals surface area (Å²) in [4.78, 5) is 24.5. The summed E-state index contributed by atoms with van der Waals surface area (Å²) in [5.74, 6) is -0.620. The maximum absolute atomic E-state index is 12.3. The third-order valence-electron chi connectivity index (χ3n) is 11.2. The van der Waals surface area contributed by atoms with E-state index in [1.165, 1.54) is 89.9 Å². The minimum atomic E-state index is -0.792. The Balaban J connectivity index is 3.63. The van der Waals surface area contributed by atoms with E-state index in [0.717, 1.165) is 116 Å². The molecule has 0 fully saturated rings. The fourth-order valence-electron chi connectivity index (χ4n) is 7.19. The number of aliphatic hydroxyl groups excluding tert-OH is 1. The van der Waals surface area contributed by atoms with Crippen LogP contribution in [0.4, 0.5) is 0 Å². The first-order chi connectivity index (χ1) is 32.6. The standard InChI is InChI=1S/C61H100O5/c1-3-5-7-9-11-13-15-17-19-21-23-24-25-26-27-28-29-30-31-32-33-34-35-36-38-40-42-44-46-48-50-52-54-56-61(64)66-59(57-62)58-65-60(63)55-53-51-49-47-45-43-41-39-37-22-20-18-16-14-12-10-8-6-4-2/h5,7,11,13,17-20,23-24,26-27,29-30,32-33,35-36,40,42,59,62H,3-4,6,8-10,12,14-16,21-22,25,28,31,34,37-39,41,43-58H2,1-2H3/b7-5-,13-11-,19-17-,20-18-,24-23-,27-26-,30-29-,33-32-,36-35-,42-40-. The number of esters is 2. The van der Waals surface area contributed by atoms with Crippen LogP contribution in [-0.2, 0) is 19.1 Å². The van der Waals surface area contributed by atoms with Crippen molar-refractivity contribution in [3.05, 3.63) is 122 Å². The Bertz CT molecular complexity index is 1350. The maximum atomic E-state index is 12.3. The highest BCUT2D eigenvalue weighted by Crippen LogP contribution is 2.14. The van der Waals surface area contributed by atoms with Gasteiger partial charge in [-0.15, -0.1) is 0 Å². The van der Waals surface area contributed by atoms with Crippen molar-refractivity contribution in [1.29, 1.82) is 0 Å². The van der Waals surface area contributed by atoms with Gasteiger partial charge in [0.15, 0.2) is 6.10 Å². The van der Waals surface area contributed by atoms with Crippen LogP contribution in [0.1, 0.15) is 232 Å². The highest BCUT2D eigenvalue weighted by molar-refractivity contribution is 5.70. The van der Waals surface area contributed by atoms with Gasteiger partial charge in [0.2, 0.25) is 0 Å². The predicted molar refractivity (Wildman–Crippen MR) is 288 cm³/mol. The number of carbonyl (C=O) groups is 2. The second-order valence-electron chi connectivity index (χ2n) is 17.6. The van der Waals surface area contributed by atoms with E-state index >= 15 is 0 Å². The van der Waals surface area contributed by atoms with E-state index in [1.54, 1.807) is 0 Å². The molecule has 0 aromatic rings.